The Labute approximate surface area is 90.1 Å². The van der Waals surface area contributed by atoms with Crippen molar-refractivity contribution in [3.63, 3.8) is 0 Å². The molecule has 1 aromatic carbocycles. The van der Waals surface area contributed by atoms with Crippen LogP contribution in [0.4, 0.5) is 4.39 Å². The highest BCUT2D eigenvalue weighted by Crippen LogP contribution is 2.26. The Kier molecular flexibility index (Phi) is 1.68. The van der Waals surface area contributed by atoms with Crippen molar-refractivity contribution in [2.45, 2.75) is 0 Å². The Morgan fingerprint density at radius 1 is 1.19 bits per heavy atom. The number of nitrogens with zero attached hydrogens (tertiary/aromatic N) is 1. The van der Waals surface area contributed by atoms with E-state index in [-0.39, 0.29) is 11.4 Å². The summed E-state index contributed by atoms with van der Waals surface area (Å²) in [5, 5.41) is 1.55. The molecule has 0 unspecified atom stereocenters. The number of fused-ring (bicyclic) bond motifs is 3. The average Bonchev–Trinajstić information content (AvgIpc) is 2.52. The molecular formula is C12H9FN2O. The lowest BCUT2D eigenvalue weighted by Crippen LogP contribution is -2.01. The minimum Gasteiger partial charge on any atom is -0.342 e. The van der Waals surface area contributed by atoms with E-state index in [9.17, 15) is 9.18 Å². The minimum atomic E-state index is -0.291. The van der Waals surface area contributed by atoms with Gasteiger partial charge in [-0.05, 0) is 18.2 Å². The maximum atomic E-state index is 13.2. The summed E-state index contributed by atoms with van der Waals surface area (Å²) in [6.07, 6.45) is 1.65. The summed E-state index contributed by atoms with van der Waals surface area (Å²) in [7, 11) is 1.89. The third-order valence-electron chi connectivity index (χ3n) is 2.87. The number of aryl methyl sites for hydroxylation is 1. The molecule has 2 aromatic heterocycles. The lowest BCUT2D eigenvalue weighted by Gasteiger charge is -1.96. The van der Waals surface area contributed by atoms with Gasteiger partial charge in [0.05, 0.1) is 5.52 Å². The van der Waals surface area contributed by atoms with Gasteiger partial charge in [-0.2, -0.15) is 0 Å². The van der Waals surface area contributed by atoms with E-state index >= 15 is 0 Å². The summed E-state index contributed by atoms with van der Waals surface area (Å²) in [4.78, 5) is 13.9. The topological polar surface area (TPSA) is 37.8 Å². The predicted octanol–water partition coefficient (Wildman–Crippen LogP) is 2.16. The number of benzene rings is 1. The van der Waals surface area contributed by atoms with E-state index in [1.165, 1.54) is 18.2 Å². The fourth-order valence-corrected chi connectivity index (χ4v) is 2.10. The zero-order chi connectivity index (χ0) is 11.3. The van der Waals surface area contributed by atoms with E-state index in [4.69, 9.17) is 0 Å². The van der Waals surface area contributed by atoms with Crippen LogP contribution < -0.4 is 5.56 Å². The van der Waals surface area contributed by atoms with E-state index in [1.54, 1.807) is 12.3 Å². The van der Waals surface area contributed by atoms with E-state index in [0.717, 1.165) is 21.8 Å². The Hall–Kier alpha value is -2.10. The fourth-order valence-electron chi connectivity index (χ4n) is 2.10. The van der Waals surface area contributed by atoms with E-state index in [1.807, 2.05) is 11.6 Å². The standard InChI is InChI=1S/C12H9FN2O/c1-15-10-3-2-7(13)4-8(10)9-5-12(16)14-6-11(9)15/h2-6H,1H3,(H,14,16). The Bertz CT molecular complexity index is 755. The third kappa shape index (κ3) is 1.10. The highest BCUT2D eigenvalue weighted by Gasteiger charge is 2.08. The number of hydrogen-bond acceptors (Lipinski definition) is 1. The van der Waals surface area contributed by atoms with Gasteiger partial charge in [-0.3, -0.25) is 4.79 Å². The highest BCUT2D eigenvalue weighted by atomic mass is 19.1. The number of rotatable bonds is 0. The highest BCUT2D eigenvalue weighted by molar-refractivity contribution is 6.07. The summed E-state index contributed by atoms with van der Waals surface area (Å²) in [5.74, 6) is -0.291. The Balaban J connectivity index is 2.66. The summed E-state index contributed by atoms with van der Waals surface area (Å²) in [6, 6.07) is 6.09. The van der Waals surface area contributed by atoms with Crippen LogP contribution in [0.3, 0.4) is 0 Å². The van der Waals surface area contributed by atoms with Crippen LogP contribution in [0.1, 0.15) is 0 Å². The molecule has 0 saturated carbocycles. The second-order valence-electron chi connectivity index (χ2n) is 3.82. The summed E-state index contributed by atoms with van der Waals surface area (Å²) >= 11 is 0. The van der Waals surface area contributed by atoms with Crippen molar-refractivity contribution in [3.05, 3.63) is 46.6 Å². The van der Waals surface area contributed by atoms with Crippen LogP contribution in [-0.4, -0.2) is 9.55 Å². The van der Waals surface area contributed by atoms with E-state index < -0.39 is 0 Å². The lowest BCUT2D eigenvalue weighted by atomic mass is 10.2. The largest absolute Gasteiger partial charge is 0.342 e. The Morgan fingerprint density at radius 3 is 2.75 bits per heavy atom. The second kappa shape index (κ2) is 2.95. The molecule has 3 aromatic rings. The smallest absolute Gasteiger partial charge is 0.248 e. The van der Waals surface area contributed by atoms with Gasteiger partial charge in [0.25, 0.3) is 0 Å². The van der Waals surface area contributed by atoms with Gasteiger partial charge in [0.15, 0.2) is 0 Å². The van der Waals surface area contributed by atoms with Gasteiger partial charge in [0, 0.05) is 35.6 Å². The van der Waals surface area contributed by atoms with Crippen molar-refractivity contribution in [1.29, 1.82) is 0 Å². The van der Waals surface area contributed by atoms with Crippen LogP contribution >= 0.6 is 0 Å². The van der Waals surface area contributed by atoms with Crippen molar-refractivity contribution in [3.8, 4) is 0 Å². The van der Waals surface area contributed by atoms with Gasteiger partial charge in [-0.1, -0.05) is 0 Å². The third-order valence-corrected chi connectivity index (χ3v) is 2.87. The van der Waals surface area contributed by atoms with Crippen LogP contribution in [0.15, 0.2) is 35.3 Å². The maximum Gasteiger partial charge on any atom is 0.248 e. The van der Waals surface area contributed by atoms with Gasteiger partial charge in [0.2, 0.25) is 5.56 Å². The molecule has 0 aliphatic carbocycles. The molecule has 0 fully saturated rings. The molecule has 0 atom stereocenters. The van der Waals surface area contributed by atoms with Crippen molar-refractivity contribution in [2.24, 2.45) is 7.05 Å². The minimum absolute atomic E-state index is 0.177. The Morgan fingerprint density at radius 2 is 1.94 bits per heavy atom. The molecule has 0 amide bonds. The van der Waals surface area contributed by atoms with Crippen LogP contribution in [0.2, 0.25) is 0 Å². The first-order valence-electron chi connectivity index (χ1n) is 4.93. The molecule has 3 nitrogen and oxygen atoms in total. The monoisotopic (exact) mass is 216 g/mol. The SMILES string of the molecule is Cn1c2ccc(F)cc2c2cc(=O)[nH]cc21. The quantitative estimate of drug-likeness (QED) is 0.614. The molecule has 2 heterocycles. The zero-order valence-electron chi connectivity index (χ0n) is 8.62. The van der Waals surface area contributed by atoms with Crippen LogP contribution in [0.5, 0.6) is 0 Å². The molecule has 0 radical (unpaired) electrons. The van der Waals surface area contributed by atoms with Crippen molar-refractivity contribution < 1.29 is 4.39 Å². The number of aromatic nitrogens is 2. The van der Waals surface area contributed by atoms with Crippen molar-refractivity contribution in [2.75, 3.05) is 0 Å². The summed E-state index contributed by atoms with van der Waals surface area (Å²) < 4.78 is 15.1. The lowest BCUT2D eigenvalue weighted by molar-refractivity contribution is 0.629. The van der Waals surface area contributed by atoms with Gasteiger partial charge < -0.3 is 9.55 Å². The van der Waals surface area contributed by atoms with Gasteiger partial charge in [-0.15, -0.1) is 0 Å². The maximum absolute atomic E-state index is 13.2. The molecule has 0 aliphatic rings. The van der Waals surface area contributed by atoms with Crippen LogP contribution in [-0.2, 0) is 7.05 Å². The molecule has 0 spiro atoms. The van der Waals surface area contributed by atoms with Crippen molar-refractivity contribution >= 4 is 21.8 Å². The molecule has 3 rings (SSSR count). The second-order valence-corrected chi connectivity index (χ2v) is 3.82. The van der Waals surface area contributed by atoms with Gasteiger partial charge in [0.1, 0.15) is 5.82 Å². The molecule has 1 N–H and O–H groups in total. The molecule has 80 valence electrons. The van der Waals surface area contributed by atoms with Gasteiger partial charge in [-0.25, -0.2) is 4.39 Å². The zero-order valence-corrected chi connectivity index (χ0v) is 8.62. The number of pyridine rings is 1. The molecule has 4 heteroatoms. The first-order chi connectivity index (χ1) is 7.66. The molecule has 16 heavy (non-hydrogen) atoms. The van der Waals surface area contributed by atoms with Crippen LogP contribution in [0, 0.1) is 5.82 Å². The van der Waals surface area contributed by atoms with E-state index in [0.29, 0.717) is 0 Å². The number of nitrogens with one attached hydrogen (secondary N) is 1. The number of H-pyrrole nitrogens is 1. The predicted molar refractivity (Wildman–Crippen MR) is 61.0 cm³/mol. The summed E-state index contributed by atoms with van der Waals surface area (Å²) in [6.45, 7) is 0. The number of hydrogen-bond donors (Lipinski definition) is 1. The van der Waals surface area contributed by atoms with Gasteiger partial charge >= 0.3 is 0 Å². The molecule has 0 bridgehead atoms. The van der Waals surface area contributed by atoms with Crippen molar-refractivity contribution in [1.82, 2.24) is 9.55 Å². The van der Waals surface area contributed by atoms with E-state index in [2.05, 4.69) is 4.98 Å². The molecule has 0 aliphatic heterocycles. The normalized spacial score (nSPS) is 11.4. The average molecular weight is 216 g/mol. The first-order valence-corrected chi connectivity index (χ1v) is 4.93. The molecular weight excluding hydrogens is 207 g/mol. The number of aromatic amines is 1. The number of halogens is 1. The molecule has 0 saturated heterocycles. The van der Waals surface area contributed by atoms with Crippen LogP contribution in [0.25, 0.3) is 21.8 Å². The fraction of sp³-hybridized carbons (Fsp3) is 0.0833. The first kappa shape index (κ1) is 9.15. The summed E-state index contributed by atoms with van der Waals surface area (Å²) in [5.41, 5.74) is 1.62.